The molecule has 1 aromatic rings. The lowest BCUT2D eigenvalue weighted by Crippen LogP contribution is -2.45. The normalized spacial score (nSPS) is 17.0. The van der Waals surface area contributed by atoms with Gasteiger partial charge in [-0.2, -0.15) is 8.78 Å². The molecule has 1 heterocycles. The van der Waals surface area contributed by atoms with Crippen LogP contribution in [0.5, 0.6) is 5.75 Å². The second kappa shape index (κ2) is 11.4. The fourth-order valence-corrected chi connectivity index (χ4v) is 3.08. The van der Waals surface area contributed by atoms with Crippen LogP contribution in [0.1, 0.15) is 27.2 Å². The Balaban J connectivity index is 1.91. The summed E-state index contributed by atoms with van der Waals surface area (Å²) in [5, 5.41) is 9.42. The Labute approximate surface area is 170 Å². The van der Waals surface area contributed by atoms with E-state index in [0.29, 0.717) is 37.8 Å². The van der Waals surface area contributed by atoms with Gasteiger partial charge >= 0.3 is 6.61 Å². The summed E-state index contributed by atoms with van der Waals surface area (Å²) in [5.74, 6) is 0.820. The number of ether oxygens (including phenoxy) is 1. The van der Waals surface area contributed by atoms with E-state index in [4.69, 9.17) is 0 Å². The summed E-state index contributed by atoms with van der Waals surface area (Å²) in [6.07, 6.45) is 0.845. The molecule has 0 aromatic heterocycles. The van der Waals surface area contributed by atoms with E-state index in [0.717, 1.165) is 13.0 Å². The molecule has 162 valence electrons. The summed E-state index contributed by atoms with van der Waals surface area (Å²) in [7, 11) is 0. The number of nitrogens with one attached hydrogen (secondary N) is 3. The van der Waals surface area contributed by atoms with E-state index in [1.165, 1.54) is 0 Å². The first kappa shape index (κ1) is 22.7. The van der Waals surface area contributed by atoms with Crippen LogP contribution < -0.4 is 25.6 Å². The van der Waals surface area contributed by atoms with Gasteiger partial charge < -0.3 is 25.6 Å². The highest BCUT2D eigenvalue weighted by Gasteiger charge is 2.26. The van der Waals surface area contributed by atoms with E-state index in [9.17, 15) is 13.6 Å². The number of guanidine groups is 1. The minimum Gasteiger partial charge on any atom is -0.433 e. The third-order valence-electron chi connectivity index (χ3n) is 4.50. The van der Waals surface area contributed by atoms with Crippen molar-refractivity contribution in [3.05, 3.63) is 24.3 Å². The molecule has 1 aromatic carbocycles. The van der Waals surface area contributed by atoms with Crippen molar-refractivity contribution in [2.45, 2.75) is 39.8 Å². The summed E-state index contributed by atoms with van der Waals surface area (Å²) in [6.45, 7) is 5.86. The molecule has 3 N–H and O–H groups in total. The Morgan fingerprint density at radius 1 is 1.31 bits per heavy atom. The second-order valence-corrected chi connectivity index (χ2v) is 7.13. The predicted octanol–water partition coefficient (Wildman–Crippen LogP) is 2.19. The standard InChI is InChI=1S/C20H31F2N5O2/c1-4-23-20(25-11-10-24-18(28)14(2)3)26-15-9-12-27(13-15)16-7-5-6-8-17(16)29-19(21)22/h5-8,14-15,19H,4,9-13H2,1-3H3,(H,24,28)(H2,23,25,26). The van der Waals surface area contributed by atoms with Crippen molar-refractivity contribution in [3.8, 4) is 5.75 Å². The molecule has 9 heteroatoms. The average molecular weight is 411 g/mol. The monoisotopic (exact) mass is 411 g/mol. The Morgan fingerprint density at radius 3 is 2.76 bits per heavy atom. The first-order valence-electron chi connectivity index (χ1n) is 10.0. The molecule has 1 atom stereocenters. The zero-order valence-corrected chi connectivity index (χ0v) is 17.3. The summed E-state index contributed by atoms with van der Waals surface area (Å²) in [5.41, 5.74) is 0.662. The van der Waals surface area contributed by atoms with Gasteiger partial charge in [0.05, 0.1) is 12.2 Å². The largest absolute Gasteiger partial charge is 0.433 e. The predicted molar refractivity (Wildman–Crippen MR) is 111 cm³/mol. The number of benzene rings is 1. The van der Waals surface area contributed by atoms with Gasteiger partial charge in [0.25, 0.3) is 0 Å². The Kier molecular flexibility index (Phi) is 8.95. The molecular weight excluding hydrogens is 380 g/mol. The van der Waals surface area contributed by atoms with Crippen LogP contribution in [0.4, 0.5) is 14.5 Å². The van der Waals surface area contributed by atoms with E-state index in [2.05, 4.69) is 25.7 Å². The number of hydrogen-bond acceptors (Lipinski definition) is 4. The van der Waals surface area contributed by atoms with Gasteiger partial charge in [-0.25, -0.2) is 0 Å². The highest BCUT2D eigenvalue weighted by atomic mass is 19.3. The molecule has 1 fully saturated rings. The van der Waals surface area contributed by atoms with Gasteiger partial charge in [0, 0.05) is 38.1 Å². The van der Waals surface area contributed by atoms with Crippen molar-refractivity contribution >= 4 is 17.6 Å². The van der Waals surface area contributed by atoms with E-state index in [-0.39, 0.29) is 23.6 Å². The summed E-state index contributed by atoms with van der Waals surface area (Å²) in [6, 6.07) is 6.96. The zero-order valence-electron chi connectivity index (χ0n) is 17.3. The van der Waals surface area contributed by atoms with Crippen molar-refractivity contribution < 1.29 is 18.3 Å². The maximum absolute atomic E-state index is 12.7. The maximum atomic E-state index is 12.7. The van der Waals surface area contributed by atoms with Gasteiger partial charge in [-0.05, 0) is 25.5 Å². The van der Waals surface area contributed by atoms with Gasteiger partial charge in [-0.3, -0.25) is 9.79 Å². The average Bonchev–Trinajstić information content (AvgIpc) is 3.13. The van der Waals surface area contributed by atoms with Crippen LogP contribution in [0.25, 0.3) is 0 Å². The van der Waals surface area contributed by atoms with Gasteiger partial charge in [0.2, 0.25) is 5.91 Å². The van der Waals surface area contributed by atoms with Crippen LogP contribution in [0.2, 0.25) is 0 Å². The van der Waals surface area contributed by atoms with Crippen LogP contribution in [0.15, 0.2) is 29.3 Å². The lowest BCUT2D eigenvalue weighted by atomic mass is 10.2. The van der Waals surface area contributed by atoms with Crippen LogP contribution in [0, 0.1) is 5.92 Å². The topological polar surface area (TPSA) is 78.0 Å². The molecule has 0 aliphatic carbocycles. The van der Waals surface area contributed by atoms with Gasteiger partial charge in [-0.1, -0.05) is 26.0 Å². The second-order valence-electron chi connectivity index (χ2n) is 7.13. The number of carbonyl (C=O) groups excluding carboxylic acids is 1. The van der Waals surface area contributed by atoms with Crippen molar-refractivity contribution in [1.82, 2.24) is 16.0 Å². The molecule has 1 saturated heterocycles. The molecule has 29 heavy (non-hydrogen) atoms. The minimum atomic E-state index is -2.85. The Hall–Kier alpha value is -2.58. The van der Waals surface area contributed by atoms with Crippen LogP contribution in [-0.2, 0) is 4.79 Å². The van der Waals surface area contributed by atoms with E-state index >= 15 is 0 Å². The highest BCUT2D eigenvalue weighted by molar-refractivity contribution is 5.80. The highest BCUT2D eigenvalue weighted by Crippen LogP contribution is 2.31. The maximum Gasteiger partial charge on any atom is 0.387 e. The molecule has 7 nitrogen and oxygen atoms in total. The number of hydrogen-bond donors (Lipinski definition) is 3. The number of anilines is 1. The molecule has 1 unspecified atom stereocenters. The smallest absolute Gasteiger partial charge is 0.387 e. The van der Waals surface area contributed by atoms with Crippen LogP contribution in [0.3, 0.4) is 0 Å². The number of aliphatic imine (C=N–C) groups is 1. The van der Waals surface area contributed by atoms with E-state index in [1.54, 1.807) is 18.2 Å². The number of para-hydroxylation sites is 2. The zero-order chi connectivity index (χ0) is 21.2. The first-order chi connectivity index (χ1) is 13.9. The van der Waals surface area contributed by atoms with Crippen molar-refractivity contribution in [1.29, 1.82) is 0 Å². The summed E-state index contributed by atoms with van der Waals surface area (Å²) >= 11 is 0. The van der Waals surface area contributed by atoms with Crippen molar-refractivity contribution in [2.24, 2.45) is 10.9 Å². The number of halogens is 2. The quantitative estimate of drug-likeness (QED) is 0.330. The molecule has 1 aliphatic rings. The summed E-state index contributed by atoms with van der Waals surface area (Å²) in [4.78, 5) is 18.1. The Bertz CT molecular complexity index is 685. The number of alkyl halides is 2. The number of amides is 1. The lowest BCUT2D eigenvalue weighted by molar-refractivity contribution is -0.123. The first-order valence-corrected chi connectivity index (χ1v) is 10.0. The summed E-state index contributed by atoms with van der Waals surface area (Å²) < 4.78 is 30.0. The number of carbonyl (C=O) groups is 1. The van der Waals surface area contributed by atoms with Crippen molar-refractivity contribution in [3.63, 3.8) is 0 Å². The van der Waals surface area contributed by atoms with Gasteiger partial charge in [-0.15, -0.1) is 0 Å². The van der Waals surface area contributed by atoms with Gasteiger partial charge in [0.1, 0.15) is 5.75 Å². The lowest BCUT2D eigenvalue weighted by Gasteiger charge is -2.22. The van der Waals surface area contributed by atoms with Crippen molar-refractivity contribution in [2.75, 3.05) is 37.6 Å². The third kappa shape index (κ3) is 7.40. The molecule has 0 spiro atoms. The van der Waals surface area contributed by atoms with Crippen LogP contribution in [-0.4, -0.2) is 57.2 Å². The van der Waals surface area contributed by atoms with Crippen LogP contribution >= 0.6 is 0 Å². The fourth-order valence-electron chi connectivity index (χ4n) is 3.08. The number of rotatable bonds is 9. The molecular formula is C20H31F2N5O2. The van der Waals surface area contributed by atoms with E-state index < -0.39 is 6.61 Å². The number of nitrogens with zero attached hydrogens (tertiary/aromatic N) is 2. The molecule has 1 aliphatic heterocycles. The molecule has 0 saturated carbocycles. The molecule has 0 bridgehead atoms. The minimum absolute atomic E-state index is 0.00859. The molecule has 0 radical (unpaired) electrons. The van der Waals surface area contributed by atoms with Gasteiger partial charge in [0.15, 0.2) is 5.96 Å². The SMILES string of the molecule is CCNC(=NCCNC(=O)C(C)C)NC1CCN(c2ccccc2OC(F)F)C1. The third-order valence-corrected chi connectivity index (χ3v) is 4.50. The fraction of sp³-hybridized carbons (Fsp3) is 0.600. The Morgan fingerprint density at radius 2 is 2.07 bits per heavy atom. The van der Waals surface area contributed by atoms with E-state index in [1.807, 2.05) is 31.7 Å². The molecule has 2 rings (SSSR count). The molecule has 1 amide bonds.